The number of thiophene rings is 1. The van der Waals surface area contributed by atoms with Crippen LogP contribution in [-0.2, 0) is 17.9 Å². The molecule has 3 aromatic heterocycles. The first-order valence-electron chi connectivity index (χ1n) is 9.47. The molecular formula is C20H21N5O2S2. The van der Waals surface area contributed by atoms with E-state index in [4.69, 9.17) is 0 Å². The highest BCUT2D eigenvalue weighted by Gasteiger charge is 2.18. The van der Waals surface area contributed by atoms with Gasteiger partial charge in [0, 0.05) is 13.1 Å². The number of hydrogen-bond donors (Lipinski definition) is 1. The predicted molar refractivity (Wildman–Crippen MR) is 117 cm³/mol. The van der Waals surface area contributed by atoms with Gasteiger partial charge >= 0.3 is 0 Å². The van der Waals surface area contributed by atoms with Gasteiger partial charge in [-0.25, -0.2) is 0 Å². The van der Waals surface area contributed by atoms with Crippen LogP contribution in [0.2, 0.25) is 0 Å². The van der Waals surface area contributed by atoms with Crippen molar-refractivity contribution in [2.75, 3.05) is 5.75 Å². The van der Waals surface area contributed by atoms with E-state index in [0.717, 1.165) is 23.9 Å². The summed E-state index contributed by atoms with van der Waals surface area (Å²) >= 11 is 2.74. The summed E-state index contributed by atoms with van der Waals surface area (Å²) in [6.07, 6.45) is 1.88. The first-order chi connectivity index (χ1) is 14.2. The molecule has 0 saturated carbocycles. The van der Waals surface area contributed by atoms with E-state index < -0.39 is 0 Å². The maximum atomic E-state index is 12.8. The number of unbranched alkanes of at least 4 members (excludes halogenated alkanes) is 1. The van der Waals surface area contributed by atoms with Crippen LogP contribution in [0.15, 0.2) is 51.7 Å². The van der Waals surface area contributed by atoms with Crippen LogP contribution < -0.4 is 10.9 Å². The third-order valence-electron chi connectivity index (χ3n) is 4.58. The second kappa shape index (κ2) is 8.79. The van der Waals surface area contributed by atoms with Crippen LogP contribution in [0.5, 0.6) is 0 Å². The monoisotopic (exact) mass is 427 g/mol. The quantitative estimate of drug-likeness (QED) is 0.436. The molecule has 150 valence electrons. The molecule has 3 heterocycles. The highest BCUT2D eigenvalue weighted by Crippen LogP contribution is 2.24. The Morgan fingerprint density at radius 3 is 2.83 bits per heavy atom. The number of carbonyl (C=O) groups excluding carboxylic acids is 1. The van der Waals surface area contributed by atoms with Gasteiger partial charge in [-0.15, -0.1) is 21.5 Å². The largest absolute Gasteiger partial charge is 0.351 e. The van der Waals surface area contributed by atoms with Crippen LogP contribution in [0.3, 0.4) is 0 Å². The molecule has 9 heteroatoms. The van der Waals surface area contributed by atoms with Crippen molar-refractivity contribution in [2.24, 2.45) is 0 Å². The Hall–Kier alpha value is -2.65. The lowest BCUT2D eigenvalue weighted by atomic mass is 10.2. The molecule has 0 bridgehead atoms. The number of fused-ring (bicyclic) bond motifs is 3. The first kappa shape index (κ1) is 19.7. The minimum absolute atomic E-state index is 0.0273. The molecule has 0 unspecified atom stereocenters. The summed E-state index contributed by atoms with van der Waals surface area (Å²) in [4.78, 5) is 25.1. The van der Waals surface area contributed by atoms with E-state index in [9.17, 15) is 9.59 Å². The third kappa shape index (κ3) is 4.06. The Kier molecular flexibility index (Phi) is 5.96. The zero-order valence-electron chi connectivity index (χ0n) is 16.0. The molecule has 0 saturated heterocycles. The summed E-state index contributed by atoms with van der Waals surface area (Å²) in [6.45, 7) is 3.18. The number of nitrogens with one attached hydrogen (secondary N) is 1. The lowest BCUT2D eigenvalue weighted by Crippen LogP contribution is -2.24. The van der Waals surface area contributed by atoms with Gasteiger partial charge in [-0.3, -0.25) is 18.6 Å². The van der Waals surface area contributed by atoms with Crippen LogP contribution in [0, 0.1) is 0 Å². The number of aryl methyl sites for hydroxylation is 1. The van der Waals surface area contributed by atoms with Gasteiger partial charge in [0.15, 0.2) is 5.16 Å². The van der Waals surface area contributed by atoms with Gasteiger partial charge in [-0.05, 0) is 23.4 Å². The molecule has 4 aromatic rings. The molecule has 7 nitrogen and oxygen atoms in total. The highest BCUT2D eigenvalue weighted by atomic mass is 32.2. The molecule has 29 heavy (non-hydrogen) atoms. The summed E-state index contributed by atoms with van der Waals surface area (Å²) in [5.41, 5.74) is 1.82. The van der Waals surface area contributed by atoms with Crippen molar-refractivity contribution in [2.45, 2.75) is 38.0 Å². The molecule has 0 spiro atoms. The van der Waals surface area contributed by atoms with E-state index >= 15 is 0 Å². The Morgan fingerprint density at radius 1 is 1.21 bits per heavy atom. The van der Waals surface area contributed by atoms with E-state index in [0.29, 0.717) is 28.7 Å². The maximum absolute atomic E-state index is 12.8. The second-order valence-electron chi connectivity index (χ2n) is 6.61. The molecule has 0 aliphatic rings. The molecule has 1 amide bonds. The number of amides is 1. The Balaban J connectivity index is 1.56. The smallest absolute Gasteiger partial charge is 0.272 e. The van der Waals surface area contributed by atoms with Gasteiger partial charge in [0.25, 0.3) is 5.56 Å². The minimum atomic E-state index is -0.0727. The van der Waals surface area contributed by atoms with Crippen molar-refractivity contribution >= 4 is 45.0 Å². The van der Waals surface area contributed by atoms with Crippen LogP contribution in [0.4, 0.5) is 0 Å². The normalized spacial score (nSPS) is 11.3. The number of carbonyl (C=O) groups is 1. The maximum Gasteiger partial charge on any atom is 0.272 e. The predicted octanol–water partition coefficient (Wildman–Crippen LogP) is 3.31. The highest BCUT2D eigenvalue weighted by molar-refractivity contribution is 7.99. The summed E-state index contributed by atoms with van der Waals surface area (Å²) in [5, 5.41) is 14.0. The van der Waals surface area contributed by atoms with E-state index in [-0.39, 0.29) is 17.2 Å². The van der Waals surface area contributed by atoms with Gasteiger partial charge in [0.05, 0.1) is 11.3 Å². The fourth-order valence-corrected chi connectivity index (χ4v) is 4.68. The van der Waals surface area contributed by atoms with Crippen molar-refractivity contribution in [3.05, 3.63) is 57.7 Å². The molecule has 1 aromatic carbocycles. The van der Waals surface area contributed by atoms with Crippen LogP contribution in [0.25, 0.3) is 16.0 Å². The van der Waals surface area contributed by atoms with Gasteiger partial charge in [0.1, 0.15) is 4.70 Å². The van der Waals surface area contributed by atoms with Crippen molar-refractivity contribution in [3.63, 3.8) is 0 Å². The topological polar surface area (TPSA) is 81.3 Å². The molecule has 0 aliphatic heterocycles. The van der Waals surface area contributed by atoms with Crippen LogP contribution in [0.1, 0.15) is 25.3 Å². The van der Waals surface area contributed by atoms with Crippen molar-refractivity contribution < 1.29 is 4.79 Å². The van der Waals surface area contributed by atoms with E-state index in [2.05, 4.69) is 22.4 Å². The van der Waals surface area contributed by atoms with E-state index in [1.165, 1.54) is 23.1 Å². The zero-order valence-corrected chi connectivity index (χ0v) is 17.6. The lowest BCUT2D eigenvalue weighted by Gasteiger charge is -2.09. The van der Waals surface area contributed by atoms with Crippen molar-refractivity contribution in [1.29, 1.82) is 0 Å². The van der Waals surface area contributed by atoms with Crippen molar-refractivity contribution in [1.82, 2.24) is 24.5 Å². The fourth-order valence-electron chi connectivity index (χ4n) is 3.09. The third-order valence-corrected chi connectivity index (χ3v) is 6.40. The number of nitrogens with zero attached hydrogens (tertiary/aromatic N) is 4. The average Bonchev–Trinajstić information content (AvgIpc) is 3.38. The van der Waals surface area contributed by atoms with Gasteiger partial charge in [-0.1, -0.05) is 55.4 Å². The Labute approximate surface area is 175 Å². The molecule has 0 radical (unpaired) electrons. The van der Waals surface area contributed by atoms with Crippen LogP contribution >= 0.6 is 23.1 Å². The standard InChI is InChI=1S/C20H21N5O2S2/c1-2-3-10-24-18(27)17-15(9-11-28-17)25-19(24)22-23-20(25)29-13-16(26)21-12-14-7-5-4-6-8-14/h4-9,11H,2-3,10,12-13H2,1H3,(H,21,26). The number of benzene rings is 1. The summed E-state index contributed by atoms with van der Waals surface area (Å²) in [5.74, 6) is 0.686. The molecule has 0 atom stereocenters. The Morgan fingerprint density at radius 2 is 2.03 bits per heavy atom. The van der Waals surface area contributed by atoms with E-state index in [1.807, 2.05) is 46.2 Å². The SMILES string of the molecule is CCCCn1c(=O)c2sccc2n2c(SCC(=O)NCc3ccccc3)nnc12. The minimum Gasteiger partial charge on any atom is -0.351 e. The first-order valence-corrected chi connectivity index (χ1v) is 11.3. The molecule has 0 aliphatic carbocycles. The zero-order chi connectivity index (χ0) is 20.2. The van der Waals surface area contributed by atoms with Crippen LogP contribution in [-0.4, -0.2) is 30.8 Å². The fraction of sp³-hybridized carbons (Fsp3) is 0.300. The van der Waals surface area contributed by atoms with Gasteiger partial charge < -0.3 is 5.32 Å². The summed E-state index contributed by atoms with van der Waals surface area (Å²) in [7, 11) is 0. The van der Waals surface area contributed by atoms with Gasteiger partial charge in [-0.2, -0.15) is 0 Å². The second-order valence-corrected chi connectivity index (χ2v) is 8.47. The number of rotatable bonds is 8. The number of thioether (sulfide) groups is 1. The summed E-state index contributed by atoms with van der Waals surface area (Å²) in [6, 6.07) is 11.7. The molecule has 0 fully saturated rings. The van der Waals surface area contributed by atoms with Crippen molar-refractivity contribution in [3.8, 4) is 0 Å². The summed E-state index contributed by atoms with van der Waals surface area (Å²) < 4.78 is 4.26. The molecular weight excluding hydrogens is 406 g/mol. The molecule has 1 N–H and O–H groups in total. The lowest BCUT2D eigenvalue weighted by molar-refractivity contribution is -0.118. The average molecular weight is 428 g/mol. The molecule has 4 rings (SSSR count). The van der Waals surface area contributed by atoms with E-state index in [1.54, 1.807) is 4.57 Å². The van der Waals surface area contributed by atoms with Gasteiger partial charge in [0.2, 0.25) is 11.7 Å². The Bertz CT molecular complexity index is 1200. The number of hydrogen-bond acceptors (Lipinski definition) is 6. The number of aromatic nitrogens is 4.